The number of benzene rings is 3. The first kappa shape index (κ1) is 23.9. The van der Waals surface area contributed by atoms with Gasteiger partial charge in [-0.2, -0.15) is 0 Å². The maximum atomic E-state index is 12.7. The van der Waals surface area contributed by atoms with Crippen molar-refractivity contribution in [2.45, 2.75) is 42.6 Å². The van der Waals surface area contributed by atoms with Crippen LogP contribution in [0.3, 0.4) is 0 Å². The molecule has 5 rings (SSSR count). The van der Waals surface area contributed by atoms with Crippen molar-refractivity contribution in [3.8, 4) is 5.75 Å². The Kier molecular flexibility index (Phi) is 7.18. The molecule has 0 fully saturated rings. The molecule has 0 unspecified atom stereocenters. The summed E-state index contributed by atoms with van der Waals surface area (Å²) in [6.07, 6.45) is 7.39. The standard InChI is InChI=1S/C29H26N2O4S/c32-26-11-5-10-23-24(26)12-13-27(25(23)18-36-22-9-4-8-21(16-22)29(33)34)35-28(17-31-15-14-30-19-31)20-6-2-1-3-7-20/h1-4,6-9,12-16,19,28H,5,10-11,17-18H2,(H,33,34)/t28-/m1/s1. The average molecular weight is 499 g/mol. The Morgan fingerprint density at radius 1 is 1.08 bits per heavy atom. The lowest BCUT2D eigenvalue weighted by molar-refractivity contribution is 0.0696. The summed E-state index contributed by atoms with van der Waals surface area (Å²) >= 11 is 1.55. The molecule has 0 radical (unpaired) electrons. The highest BCUT2D eigenvalue weighted by Crippen LogP contribution is 2.38. The Morgan fingerprint density at radius 2 is 1.94 bits per heavy atom. The van der Waals surface area contributed by atoms with Crippen LogP contribution in [0.2, 0.25) is 0 Å². The molecule has 3 aromatic carbocycles. The minimum atomic E-state index is -0.950. The van der Waals surface area contributed by atoms with E-state index in [4.69, 9.17) is 4.74 Å². The number of imidazole rings is 1. The molecule has 0 spiro atoms. The minimum absolute atomic E-state index is 0.167. The smallest absolute Gasteiger partial charge is 0.335 e. The van der Waals surface area contributed by atoms with E-state index in [9.17, 15) is 14.7 Å². The maximum absolute atomic E-state index is 12.7. The summed E-state index contributed by atoms with van der Waals surface area (Å²) in [6, 6.07) is 20.8. The number of carboxylic acids is 1. The topological polar surface area (TPSA) is 81.4 Å². The van der Waals surface area contributed by atoms with Crippen LogP contribution in [-0.4, -0.2) is 26.4 Å². The number of carbonyl (C=O) groups is 2. The predicted octanol–water partition coefficient (Wildman–Crippen LogP) is 6.21. The summed E-state index contributed by atoms with van der Waals surface area (Å²) in [7, 11) is 0. The monoisotopic (exact) mass is 498 g/mol. The van der Waals surface area contributed by atoms with Gasteiger partial charge in [-0.15, -0.1) is 11.8 Å². The molecule has 182 valence electrons. The number of ketones is 1. The number of hydrogen-bond acceptors (Lipinski definition) is 5. The molecule has 1 aromatic heterocycles. The van der Waals surface area contributed by atoms with Gasteiger partial charge in [-0.3, -0.25) is 4.79 Å². The number of Topliss-reactive ketones (excluding diaryl/α,β-unsaturated/α-hetero) is 1. The summed E-state index contributed by atoms with van der Waals surface area (Å²) in [6.45, 7) is 0.591. The first-order valence-corrected chi connectivity index (χ1v) is 12.9. The zero-order valence-electron chi connectivity index (χ0n) is 19.7. The third-order valence-corrected chi connectivity index (χ3v) is 7.38. The average Bonchev–Trinajstić information content (AvgIpc) is 3.41. The zero-order valence-corrected chi connectivity index (χ0v) is 20.5. The number of aromatic carboxylic acids is 1. The fourth-order valence-electron chi connectivity index (χ4n) is 4.54. The maximum Gasteiger partial charge on any atom is 0.335 e. The van der Waals surface area contributed by atoms with Gasteiger partial charge in [-0.1, -0.05) is 36.4 Å². The summed E-state index contributed by atoms with van der Waals surface area (Å²) in [5.41, 5.74) is 4.12. The molecule has 1 atom stereocenters. The molecular formula is C29H26N2O4S. The van der Waals surface area contributed by atoms with E-state index in [1.54, 1.807) is 42.5 Å². The van der Waals surface area contributed by atoms with E-state index in [1.807, 2.05) is 47.2 Å². The molecular weight excluding hydrogens is 472 g/mol. The van der Waals surface area contributed by atoms with E-state index in [2.05, 4.69) is 17.1 Å². The molecule has 0 bridgehead atoms. The van der Waals surface area contributed by atoms with Gasteiger partial charge in [-0.25, -0.2) is 9.78 Å². The van der Waals surface area contributed by atoms with Gasteiger partial charge in [0, 0.05) is 40.6 Å². The van der Waals surface area contributed by atoms with Crippen LogP contribution < -0.4 is 4.74 Å². The lowest BCUT2D eigenvalue weighted by Gasteiger charge is -2.25. The van der Waals surface area contributed by atoms with Gasteiger partial charge in [-0.05, 0) is 54.3 Å². The van der Waals surface area contributed by atoms with Crippen LogP contribution in [0.5, 0.6) is 5.75 Å². The fourth-order valence-corrected chi connectivity index (χ4v) is 5.55. The predicted molar refractivity (Wildman–Crippen MR) is 139 cm³/mol. The van der Waals surface area contributed by atoms with Crippen LogP contribution in [0.4, 0.5) is 0 Å². The highest BCUT2D eigenvalue weighted by Gasteiger charge is 2.24. The highest BCUT2D eigenvalue weighted by atomic mass is 32.2. The molecule has 1 aliphatic carbocycles. The van der Waals surface area contributed by atoms with Gasteiger partial charge >= 0.3 is 5.97 Å². The van der Waals surface area contributed by atoms with Crippen LogP contribution in [0.25, 0.3) is 0 Å². The number of carbonyl (C=O) groups excluding carboxylic acids is 1. The molecule has 7 heteroatoms. The number of carboxylic acid groups (broad SMARTS) is 1. The Balaban J connectivity index is 1.49. The minimum Gasteiger partial charge on any atom is -0.484 e. The SMILES string of the molecule is O=C(O)c1cccc(SCc2c(O[C@H](Cn3ccnc3)c3ccccc3)ccc3c2CCCC3=O)c1. The van der Waals surface area contributed by atoms with Gasteiger partial charge in [0.05, 0.1) is 18.4 Å². The van der Waals surface area contributed by atoms with E-state index in [0.29, 0.717) is 18.7 Å². The van der Waals surface area contributed by atoms with Crippen molar-refractivity contribution in [1.29, 1.82) is 0 Å². The van der Waals surface area contributed by atoms with Crippen LogP contribution >= 0.6 is 11.8 Å². The van der Waals surface area contributed by atoms with Crippen molar-refractivity contribution in [2.24, 2.45) is 0 Å². The number of aromatic nitrogens is 2. The van der Waals surface area contributed by atoms with E-state index in [-0.39, 0.29) is 17.5 Å². The van der Waals surface area contributed by atoms with E-state index in [0.717, 1.165) is 45.7 Å². The number of fused-ring (bicyclic) bond motifs is 1. The quantitative estimate of drug-likeness (QED) is 0.276. The number of thioether (sulfide) groups is 1. The normalized spacial score (nSPS) is 13.7. The van der Waals surface area contributed by atoms with Crippen LogP contribution in [-0.2, 0) is 18.7 Å². The van der Waals surface area contributed by atoms with Crippen molar-refractivity contribution in [3.63, 3.8) is 0 Å². The van der Waals surface area contributed by atoms with Gasteiger partial charge in [0.1, 0.15) is 11.9 Å². The van der Waals surface area contributed by atoms with Gasteiger partial charge in [0.15, 0.2) is 5.78 Å². The molecule has 36 heavy (non-hydrogen) atoms. The second-order valence-electron chi connectivity index (χ2n) is 8.74. The molecule has 0 amide bonds. The van der Waals surface area contributed by atoms with Gasteiger partial charge in [0.2, 0.25) is 0 Å². The lowest BCUT2D eigenvalue weighted by Crippen LogP contribution is -2.18. The molecule has 1 N–H and O–H groups in total. The second-order valence-corrected chi connectivity index (χ2v) is 9.79. The third kappa shape index (κ3) is 5.36. The molecule has 0 saturated heterocycles. The molecule has 4 aromatic rings. The Labute approximate surface area is 214 Å². The number of ether oxygens (including phenoxy) is 1. The molecule has 1 aliphatic rings. The van der Waals surface area contributed by atoms with E-state index in [1.165, 1.54) is 0 Å². The van der Waals surface area contributed by atoms with Crippen molar-refractivity contribution >= 4 is 23.5 Å². The Hall–Kier alpha value is -3.84. The fraction of sp³-hybridized carbons (Fsp3) is 0.207. The molecule has 0 saturated carbocycles. The summed E-state index contributed by atoms with van der Waals surface area (Å²) in [5.74, 6) is 0.537. The van der Waals surface area contributed by atoms with Crippen molar-refractivity contribution in [2.75, 3.05) is 0 Å². The molecule has 0 aliphatic heterocycles. The number of hydrogen-bond donors (Lipinski definition) is 1. The summed E-state index contributed by atoms with van der Waals surface area (Å²) < 4.78 is 8.68. The zero-order chi connectivity index (χ0) is 24.9. The van der Waals surface area contributed by atoms with E-state index >= 15 is 0 Å². The highest BCUT2D eigenvalue weighted by molar-refractivity contribution is 7.98. The van der Waals surface area contributed by atoms with Crippen LogP contribution in [0.1, 0.15) is 56.4 Å². The van der Waals surface area contributed by atoms with Gasteiger partial charge < -0.3 is 14.4 Å². The largest absolute Gasteiger partial charge is 0.484 e. The van der Waals surface area contributed by atoms with Crippen molar-refractivity contribution in [3.05, 3.63) is 113 Å². The van der Waals surface area contributed by atoms with E-state index < -0.39 is 5.97 Å². The first-order chi connectivity index (χ1) is 17.6. The van der Waals surface area contributed by atoms with Gasteiger partial charge in [0.25, 0.3) is 0 Å². The summed E-state index contributed by atoms with van der Waals surface area (Å²) in [4.78, 5) is 29.1. The number of nitrogens with zero attached hydrogens (tertiary/aromatic N) is 2. The van der Waals surface area contributed by atoms with Crippen molar-refractivity contribution in [1.82, 2.24) is 9.55 Å². The molecule has 1 heterocycles. The molecule has 6 nitrogen and oxygen atoms in total. The number of rotatable bonds is 9. The Bertz CT molecular complexity index is 1370. The van der Waals surface area contributed by atoms with Crippen LogP contribution in [0, 0.1) is 0 Å². The van der Waals surface area contributed by atoms with Crippen molar-refractivity contribution < 1.29 is 19.4 Å². The first-order valence-electron chi connectivity index (χ1n) is 11.9. The third-order valence-electron chi connectivity index (χ3n) is 6.36. The van der Waals surface area contributed by atoms with Crippen LogP contribution in [0.15, 0.2) is 90.3 Å². The lowest BCUT2D eigenvalue weighted by atomic mass is 9.87. The second kappa shape index (κ2) is 10.8. The Morgan fingerprint density at radius 3 is 2.72 bits per heavy atom. The summed E-state index contributed by atoms with van der Waals surface area (Å²) in [5, 5.41) is 9.37.